The van der Waals surface area contributed by atoms with Gasteiger partial charge in [0.1, 0.15) is 12.7 Å². The predicted molar refractivity (Wildman–Crippen MR) is 79.4 cm³/mol. The molecule has 2 rings (SSSR count). The van der Waals surface area contributed by atoms with Crippen LogP contribution in [0.2, 0.25) is 0 Å². The number of hydrogen-bond acceptors (Lipinski definition) is 2. The van der Waals surface area contributed by atoms with Crippen molar-refractivity contribution >= 4 is 5.91 Å². The van der Waals surface area contributed by atoms with Gasteiger partial charge < -0.3 is 9.64 Å². The summed E-state index contributed by atoms with van der Waals surface area (Å²) < 4.78 is 5.85. The summed E-state index contributed by atoms with van der Waals surface area (Å²) in [4.78, 5) is 13.2. The molecule has 0 fully saturated rings. The molecule has 20 heavy (non-hydrogen) atoms. The highest BCUT2D eigenvalue weighted by molar-refractivity contribution is 5.76. The lowest BCUT2D eigenvalue weighted by atomic mass is 10.0. The summed E-state index contributed by atoms with van der Waals surface area (Å²) in [6.45, 7) is 0.0709. The smallest absolute Gasteiger partial charge is 0.248 e. The number of likely N-dealkylation sites (N-methyl/N-ethyl adjacent to an activating group) is 1. The third-order valence-electron chi connectivity index (χ3n) is 3.08. The molecular weight excluding hydrogens is 250 g/mol. The van der Waals surface area contributed by atoms with E-state index in [0.29, 0.717) is 0 Å². The monoisotopic (exact) mass is 269 g/mol. The van der Waals surface area contributed by atoms with Crippen molar-refractivity contribution in [2.24, 2.45) is 0 Å². The van der Waals surface area contributed by atoms with Crippen molar-refractivity contribution in [3.63, 3.8) is 0 Å². The predicted octanol–water partition coefficient (Wildman–Crippen LogP) is 2.88. The van der Waals surface area contributed by atoms with Gasteiger partial charge in [-0.05, 0) is 11.1 Å². The number of rotatable bonds is 5. The van der Waals surface area contributed by atoms with Gasteiger partial charge in [0.15, 0.2) is 0 Å². The number of hydrogen-bond donors (Lipinski definition) is 0. The van der Waals surface area contributed by atoms with Gasteiger partial charge >= 0.3 is 0 Å². The fourth-order valence-electron chi connectivity index (χ4n) is 1.92. The Kier molecular flexibility index (Phi) is 4.91. The molecule has 0 bridgehead atoms. The van der Waals surface area contributed by atoms with Gasteiger partial charge in [-0.2, -0.15) is 0 Å². The van der Waals surface area contributed by atoms with Crippen LogP contribution in [-0.2, 0) is 9.53 Å². The number of amides is 1. The molecule has 0 atom stereocenters. The average molecular weight is 269 g/mol. The zero-order valence-electron chi connectivity index (χ0n) is 11.8. The van der Waals surface area contributed by atoms with E-state index in [4.69, 9.17) is 4.74 Å². The summed E-state index contributed by atoms with van der Waals surface area (Å²) in [6.07, 6.45) is -0.221. The third kappa shape index (κ3) is 3.68. The number of ether oxygens (including phenoxy) is 1. The maximum Gasteiger partial charge on any atom is 0.248 e. The van der Waals surface area contributed by atoms with E-state index in [1.807, 2.05) is 60.7 Å². The number of carbonyl (C=O) groups excluding carboxylic acids is 1. The summed E-state index contributed by atoms with van der Waals surface area (Å²) in [5.41, 5.74) is 2.09. The Morgan fingerprint density at radius 1 is 0.950 bits per heavy atom. The second-order valence-electron chi connectivity index (χ2n) is 4.80. The van der Waals surface area contributed by atoms with E-state index in [-0.39, 0.29) is 18.6 Å². The SMILES string of the molecule is CN(C)C(=O)COC(c1ccccc1)c1ccccc1. The van der Waals surface area contributed by atoms with Crippen LogP contribution in [0.5, 0.6) is 0 Å². The Labute approximate surface area is 119 Å². The van der Waals surface area contributed by atoms with E-state index in [1.54, 1.807) is 14.1 Å². The van der Waals surface area contributed by atoms with Gasteiger partial charge in [-0.15, -0.1) is 0 Å². The van der Waals surface area contributed by atoms with Crippen molar-refractivity contribution in [1.29, 1.82) is 0 Å². The average Bonchev–Trinajstić information content (AvgIpc) is 2.49. The van der Waals surface area contributed by atoms with Crippen LogP contribution in [-0.4, -0.2) is 31.5 Å². The van der Waals surface area contributed by atoms with Crippen molar-refractivity contribution in [3.05, 3.63) is 71.8 Å². The van der Waals surface area contributed by atoms with Gasteiger partial charge in [0.05, 0.1) is 0 Å². The third-order valence-corrected chi connectivity index (χ3v) is 3.08. The van der Waals surface area contributed by atoms with Crippen LogP contribution < -0.4 is 0 Å². The maximum absolute atomic E-state index is 11.7. The van der Waals surface area contributed by atoms with Crippen LogP contribution in [0.3, 0.4) is 0 Å². The van der Waals surface area contributed by atoms with Crippen LogP contribution in [0, 0.1) is 0 Å². The molecule has 0 saturated carbocycles. The summed E-state index contributed by atoms with van der Waals surface area (Å²) in [5.74, 6) is -0.0399. The van der Waals surface area contributed by atoms with Crippen LogP contribution in [0.4, 0.5) is 0 Å². The van der Waals surface area contributed by atoms with E-state index in [2.05, 4.69) is 0 Å². The van der Waals surface area contributed by atoms with Crippen molar-refractivity contribution in [1.82, 2.24) is 4.90 Å². The fourth-order valence-corrected chi connectivity index (χ4v) is 1.92. The fraction of sp³-hybridized carbons (Fsp3) is 0.235. The van der Waals surface area contributed by atoms with Gasteiger partial charge in [0.2, 0.25) is 5.91 Å². The Morgan fingerprint density at radius 3 is 1.80 bits per heavy atom. The number of nitrogens with zero attached hydrogens (tertiary/aromatic N) is 1. The van der Waals surface area contributed by atoms with Crippen molar-refractivity contribution in [2.45, 2.75) is 6.10 Å². The minimum absolute atomic E-state index is 0.0399. The molecule has 0 aromatic heterocycles. The zero-order chi connectivity index (χ0) is 14.4. The molecule has 2 aromatic rings. The molecule has 3 nitrogen and oxygen atoms in total. The molecule has 0 aliphatic heterocycles. The number of carbonyl (C=O) groups is 1. The van der Waals surface area contributed by atoms with Crippen LogP contribution in [0.1, 0.15) is 17.2 Å². The highest BCUT2D eigenvalue weighted by Gasteiger charge is 2.16. The second kappa shape index (κ2) is 6.87. The Hall–Kier alpha value is -2.13. The van der Waals surface area contributed by atoms with Gasteiger partial charge in [-0.1, -0.05) is 60.7 Å². The zero-order valence-corrected chi connectivity index (χ0v) is 11.8. The van der Waals surface area contributed by atoms with E-state index in [1.165, 1.54) is 4.90 Å². The Morgan fingerprint density at radius 2 is 1.40 bits per heavy atom. The molecule has 104 valence electrons. The van der Waals surface area contributed by atoms with E-state index >= 15 is 0 Å². The largest absolute Gasteiger partial charge is 0.359 e. The Bertz CT molecular complexity index is 498. The molecule has 0 aliphatic rings. The molecule has 0 spiro atoms. The highest BCUT2D eigenvalue weighted by Crippen LogP contribution is 2.25. The first-order valence-electron chi connectivity index (χ1n) is 6.60. The lowest BCUT2D eigenvalue weighted by Crippen LogP contribution is -2.27. The second-order valence-corrected chi connectivity index (χ2v) is 4.80. The van der Waals surface area contributed by atoms with Crippen molar-refractivity contribution in [3.8, 4) is 0 Å². The van der Waals surface area contributed by atoms with Crippen molar-refractivity contribution in [2.75, 3.05) is 20.7 Å². The van der Waals surface area contributed by atoms with Crippen LogP contribution >= 0.6 is 0 Å². The van der Waals surface area contributed by atoms with Gasteiger partial charge in [0.25, 0.3) is 0 Å². The quantitative estimate of drug-likeness (QED) is 0.835. The van der Waals surface area contributed by atoms with E-state index in [9.17, 15) is 4.79 Å². The standard InChI is InChI=1S/C17H19NO2/c1-18(2)16(19)13-20-17(14-9-5-3-6-10-14)15-11-7-4-8-12-15/h3-12,17H,13H2,1-2H3. The topological polar surface area (TPSA) is 29.5 Å². The lowest BCUT2D eigenvalue weighted by molar-refractivity contribution is -0.134. The normalized spacial score (nSPS) is 10.6. The van der Waals surface area contributed by atoms with E-state index in [0.717, 1.165) is 11.1 Å². The van der Waals surface area contributed by atoms with Crippen LogP contribution in [0.25, 0.3) is 0 Å². The van der Waals surface area contributed by atoms with E-state index < -0.39 is 0 Å². The molecule has 0 radical (unpaired) electrons. The molecule has 2 aromatic carbocycles. The minimum Gasteiger partial charge on any atom is -0.359 e. The summed E-state index contributed by atoms with van der Waals surface area (Å²) in [5, 5.41) is 0. The minimum atomic E-state index is -0.221. The molecule has 3 heteroatoms. The first kappa shape index (κ1) is 14.3. The molecule has 0 saturated heterocycles. The molecule has 1 amide bonds. The van der Waals surface area contributed by atoms with Gasteiger partial charge in [0, 0.05) is 14.1 Å². The molecule has 0 unspecified atom stereocenters. The summed E-state index contributed by atoms with van der Waals surface area (Å²) in [7, 11) is 3.46. The first-order chi connectivity index (χ1) is 9.68. The Balaban J connectivity index is 2.20. The highest BCUT2D eigenvalue weighted by atomic mass is 16.5. The maximum atomic E-state index is 11.7. The molecular formula is C17H19NO2. The molecule has 0 heterocycles. The first-order valence-corrected chi connectivity index (χ1v) is 6.60. The lowest BCUT2D eigenvalue weighted by Gasteiger charge is -2.20. The van der Waals surface area contributed by atoms with Gasteiger partial charge in [-0.25, -0.2) is 0 Å². The van der Waals surface area contributed by atoms with Crippen LogP contribution in [0.15, 0.2) is 60.7 Å². The summed E-state index contributed by atoms with van der Waals surface area (Å²) >= 11 is 0. The van der Waals surface area contributed by atoms with Crippen molar-refractivity contribution < 1.29 is 9.53 Å². The molecule has 0 N–H and O–H groups in total. The number of benzene rings is 2. The van der Waals surface area contributed by atoms with Gasteiger partial charge in [-0.3, -0.25) is 4.79 Å². The summed E-state index contributed by atoms with van der Waals surface area (Å²) in [6, 6.07) is 19.9. The molecule has 0 aliphatic carbocycles.